The van der Waals surface area contributed by atoms with E-state index in [1.54, 1.807) is 0 Å². The summed E-state index contributed by atoms with van der Waals surface area (Å²) in [4.78, 5) is 0. The molecule has 0 saturated heterocycles. The van der Waals surface area contributed by atoms with Crippen molar-refractivity contribution < 1.29 is 0 Å². The maximum Gasteiger partial charge on any atom is -0.00330 e. The molecule has 76 valence electrons. The minimum absolute atomic E-state index is 1.06. The number of hydrogen-bond acceptors (Lipinski definition) is 0. The topological polar surface area (TPSA) is 0 Å². The van der Waals surface area contributed by atoms with Crippen LogP contribution < -0.4 is 10.4 Å². The zero-order chi connectivity index (χ0) is 11.1. The Morgan fingerprint density at radius 3 is 2.25 bits per heavy atom. The van der Waals surface area contributed by atoms with E-state index in [0.717, 1.165) is 10.4 Å². The van der Waals surface area contributed by atoms with Gasteiger partial charge >= 0.3 is 0 Å². The Morgan fingerprint density at radius 1 is 0.625 bits per heavy atom. The van der Waals surface area contributed by atoms with Gasteiger partial charge in [0, 0.05) is 0 Å². The van der Waals surface area contributed by atoms with Crippen LogP contribution in [0.4, 0.5) is 0 Å². The van der Waals surface area contributed by atoms with Crippen molar-refractivity contribution in [1.29, 1.82) is 0 Å². The van der Waals surface area contributed by atoms with E-state index in [4.69, 9.17) is 0 Å². The van der Waals surface area contributed by atoms with E-state index in [9.17, 15) is 0 Å². The molecule has 0 heterocycles. The smallest absolute Gasteiger partial charge is 0.00330 e. The monoisotopic (exact) mass is 204 g/mol. The van der Waals surface area contributed by atoms with Crippen molar-refractivity contribution in [3.05, 3.63) is 59.0 Å². The minimum atomic E-state index is 1.06. The molecule has 0 aromatic heterocycles. The molecule has 0 unspecified atom stereocenters. The van der Waals surface area contributed by atoms with Gasteiger partial charge in [0.2, 0.25) is 0 Å². The molecule has 0 nitrogen and oxygen atoms in total. The van der Waals surface area contributed by atoms with Crippen LogP contribution in [-0.4, -0.2) is 0 Å². The summed E-state index contributed by atoms with van der Waals surface area (Å²) in [6.45, 7) is 8.18. The predicted molar refractivity (Wildman–Crippen MR) is 71.7 cm³/mol. The normalized spacial score (nSPS) is 11.0. The van der Waals surface area contributed by atoms with E-state index in [2.05, 4.69) is 49.6 Å². The molecule has 0 saturated carbocycles. The fourth-order valence-corrected chi connectivity index (χ4v) is 2.26. The van der Waals surface area contributed by atoms with Crippen molar-refractivity contribution >= 4 is 34.7 Å². The van der Waals surface area contributed by atoms with Gasteiger partial charge in [-0.3, -0.25) is 0 Å². The van der Waals surface area contributed by atoms with Crippen molar-refractivity contribution in [1.82, 2.24) is 0 Å². The highest BCUT2D eigenvalue weighted by atomic mass is 14.0. The lowest BCUT2D eigenvalue weighted by atomic mass is 10.00. The predicted octanol–water partition coefficient (Wildman–Crippen LogP) is 2.81. The number of hydrogen-bond donors (Lipinski definition) is 0. The van der Waals surface area contributed by atoms with E-state index >= 15 is 0 Å². The maximum absolute atomic E-state index is 4.11. The summed E-state index contributed by atoms with van der Waals surface area (Å²) < 4.78 is 0. The molecule has 0 fully saturated rings. The molecule has 0 aliphatic heterocycles. The summed E-state index contributed by atoms with van der Waals surface area (Å²) >= 11 is 0. The molecule has 0 atom stereocenters. The average molecular weight is 204 g/mol. The summed E-state index contributed by atoms with van der Waals surface area (Å²) in [5.41, 5.74) is 0. The molecule has 3 aromatic carbocycles. The van der Waals surface area contributed by atoms with Crippen molar-refractivity contribution in [3.8, 4) is 0 Å². The van der Waals surface area contributed by atoms with Gasteiger partial charge in [0.15, 0.2) is 0 Å². The average Bonchev–Trinajstić information content (AvgIpc) is 2.33. The highest BCUT2D eigenvalue weighted by Gasteiger charge is 2.00. The Kier molecular flexibility index (Phi) is 1.84. The zero-order valence-corrected chi connectivity index (χ0v) is 9.03. The van der Waals surface area contributed by atoms with Gasteiger partial charge in [-0.2, -0.15) is 0 Å². The van der Waals surface area contributed by atoms with Crippen LogP contribution in [0.25, 0.3) is 34.7 Å². The molecular formula is C16H12. The molecule has 3 aromatic rings. The maximum atomic E-state index is 4.11. The first-order chi connectivity index (χ1) is 7.77. The van der Waals surface area contributed by atoms with Crippen LogP contribution >= 0.6 is 0 Å². The van der Waals surface area contributed by atoms with Crippen LogP contribution in [0, 0.1) is 0 Å². The lowest BCUT2D eigenvalue weighted by Crippen LogP contribution is -2.08. The summed E-state index contributed by atoms with van der Waals surface area (Å²) in [6, 6.07) is 16.7. The Morgan fingerprint density at radius 2 is 1.38 bits per heavy atom. The third kappa shape index (κ3) is 1.17. The van der Waals surface area contributed by atoms with Gasteiger partial charge in [0.1, 0.15) is 0 Å². The van der Waals surface area contributed by atoms with Crippen LogP contribution in [0.2, 0.25) is 0 Å². The second-order valence-corrected chi connectivity index (χ2v) is 4.09. The number of benzene rings is 3. The molecular weight excluding hydrogens is 192 g/mol. The molecule has 3 rings (SSSR count). The first-order valence-electron chi connectivity index (χ1n) is 5.36. The van der Waals surface area contributed by atoms with E-state index in [-0.39, 0.29) is 0 Å². The Balaban J connectivity index is 2.76. The molecule has 0 bridgehead atoms. The lowest BCUT2D eigenvalue weighted by Gasteiger charge is -2.04. The SMILES string of the molecule is C=c1ccc(=C)c2c1ccc1ccccc12. The molecule has 0 amide bonds. The summed E-state index contributed by atoms with van der Waals surface area (Å²) in [6.07, 6.45) is 0. The summed E-state index contributed by atoms with van der Waals surface area (Å²) in [5, 5.41) is 7.07. The van der Waals surface area contributed by atoms with Crippen LogP contribution in [0.5, 0.6) is 0 Å². The number of rotatable bonds is 0. The number of fused-ring (bicyclic) bond motifs is 3. The fourth-order valence-electron chi connectivity index (χ4n) is 2.26. The van der Waals surface area contributed by atoms with Gasteiger partial charge in [-0.25, -0.2) is 0 Å². The van der Waals surface area contributed by atoms with E-state index in [1.165, 1.54) is 21.5 Å². The van der Waals surface area contributed by atoms with Crippen molar-refractivity contribution in [2.24, 2.45) is 0 Å². The summed E-state index contributed by atoms with van der Waals surface area (Å²) in [7, 11) is 0. The highest BCUT2D eigenvalue weighted by molar-refractivity contribution is 6.07. The third-order valence-corrected chi connectivity index (χ3v) is 3.08. The van der Waals surface area contributed by atoms with Crippen LogP contribution in [0.15, 0.2) is 48.5 Å². The van der Waals surface area contributed by atoms with E-state index < -0.39 is 0 Å². The highest BCUT2D eigenvalue weighted by Crippen LogP contribution is 2.20. The minimum Gasteiger partial charge on any atom is -0.0911 e. The van der Waals surface area contributed by atoms with Crippen LogP contribution in [0.3, 0.4) is 0 Å². The summed E-state index contributed by atoms with van der Waals surface area (Å²) in [5.74, 6) is 0. The van der Waals surface area contributed by atoms with Crippen molar-refractivity contribution in [3.63, 3.8) is 0 Å². The molecule has 0 N–H and O–H groups in total. The van der Waals surface area contributed by atoms with Crippen LogP contribution in [-0.2, 0) is 0 Å². The third-order valence-electron chi connectivity index (χ3n) is 3.08. The van der Waals surface area contributed by atoms with Crippen LogP contribution in [0.1, 0.15) is 0 Å². The molecule has 16 heavy (non-hydrogen) atoms. The van der Waals surface area contributed by atoms with Gasteiger partial charge < -0.3 is 0 Å². The first kappa shape index (κ1) is 9.17. The molecule has 0 heteroatoms. The first-order valence-corrected chi connectivity index (χ1v) is 5.36. The van der Waals surface area contributed by atoms with Gasteiger partial charge in [-0.05, 0) is 32.0 Å². The zero-order valence-electron chi connectivity index (χ0n) is 9.03. The van der Waals surface area contributed by atoms with Gasteiger partial charge in [-0.1, -0.05) is 61.7 Å². The lowest BCUT2D eigenvalue weighted by molar-refractivity contribution is 1.66. The molecule has 0 aliphatic carbocycles. The second kappa shape index (κ2) is 3.21. The second-order valence-electron chi connectivity index (χ2n) is 4.09. The molecule has 0 aliphatic rings. The molecule has 0 radical (unpaired) electrons. The standard InChI is InChI=1S/C16H12/c1-11-7-8-12(2)16-14(11)10-9-13-5-3-4-6-15(13)16/h3-10H,1-2H2. The van der Waals surface area contributed by atoms with Crippen molar-refractivity contribution in [2.45, 2.75) is 0 Å². The van der Waals surface area contributed by atoms with E-state index in [0.29, 0.717) is 0 Å². The fraction of sp³-hybridized carbons (Fsp3) is 0. The Labute approximate surface area is 94.1 Å². The van der Waals surface area contributed by atoms with Gasteiger partial charge in [0.25, 0.3) is 0 Å². The largest absolute Gasteiger partial charge is 0.0911 e. The molecule has 0 spiro atoms. The van der Waals surface area contributed by atoms with Crippen molar-refractivity contribution in [2.75, 3.05) is 0 Å². The quantitative estimate of drug-likeness (QED) is 0.494. The Hall–Kier alpha value is -2.08. The van der Waals surface area contributed by atoms with Gasteiger partial charge in [-0.15, -0.1) is 0 Å². The Bertz CT molecular complexity index is 782. The van der Waals surface area contributed by atoms with Gasteiger partial charge in [0.05, 0.1) is 0 Å². The van der Waals surface area contributed by atoms with E-state index in [1.807, 2.05) is 12.1 Å².